The van der Waals surface area contributed by atoms with Gasteiger partial charge in [0.1, 0.15) is 41.3 Å². The van der Waals surface area contributed by atoms with Gasteiger partial charge in [-0.1, -0.05) is 41.9 Å². The molecule has 0 spiro atoms. The van der Waals surface area contributed by atoms with Crippen LogP contribution in [0.1, 0.15) is 29.5 Å². The monoisotopic (exact) mass is 600 g/mol. The van der Waals surface area contributed by atoms with E-state index in [1.807, 2.05) is 24.3 Å². The summed E-state index contributed by atoms with van der Waals surface area (Å²) in [6.45, 7) is 1.76. The predicted molar refractivity (Wildman–Crippen MR) is 157 cm³/mol. The van der Waals surface area contributed by atoms with Gasteiger partial charge in [0, 0.05) is 22.2 Å². The quantitative estimate of drug-likeness (QED) is 0.168. The second-order valence-corrected chi connectivity index (χ2v) is 9.96. The Morgan fingerprint density at radius 3 is 2.51 bits per heavy atom. The van der Waals surface area contributed by atoms with Crippen molar-refractivity contribution in [2.75, 3.05) is 7.11 Å². The number of nitrogens with zero attached hydrogens (tertiary/aromatic N) is 1. The number of allylic oxidation sites excluding steroid dienone is 1. The number of esters is 1. The van der Waals surface area contributed by atoms with E-state index in [0.29, 0.717) is 39.1 Å². The summed E-state index contributed by atoms with van der Waals surface area (Å²) >= 11 is 6.26. The fraction of sp³-hybridized carbons (Fsp3) is 0.152. The van der Waals surface area contributed by atoms with Gasteiger partial charge >= 0.3 is 5.97 Å². The molecule has 0 fully saturated rings. The molecule has 4 aromatic rings. The Hall–Kier alpha value is -5.20. The molecule has 1 heterocycles. The van der Waals surface area contributed by atoms with Crippen molar-refractivity contribution >= 4 is 17.6 Å². The average Bonchev–Trinajstić information content (AvgIpc) is 3.01. The summed E-state index contributed by atoms with van der Waals surface area (Å²) in [5, 5.41) is 10.6. The first-order chi connectivity index (χ1) is 20.8. The van der Waals surface area contributed by atoms with Gasteiger partial charge in [-0.2, -0.15) is 5.26 Å². The molecule has 1 aliphatic rings. The Balaban J connectivity index is 1.37. The van der Waals surface area contributed by atoms with Crippen LogP contribution in [-0.4, -0.2) is 19.2 Å². The standard InChI is InChI=1S/C33H26ClFN2O6/c1-19(41-23-10-8-22(35)9-11-23)33(38)42-24-12-13-25-29(16-24)43-32(37)26(17-36)31(25)20-7-14-28(30(15-20)39-2)40-18-21-5-3-4-6-27(21)34/h3-16,19,31H,18,37H2,1-2H3. The molecule has 0 saturated carbocycles. The zero-order valence-electron chi connectivity index (χ0n) is 23.2. The molecule has 0 aliphatic carbocycles. The van der Waals surface area contributed by atoms with Crippen LogP contribution in [-0.2, 0) is 11.4 Å². The second kappa shape index (κ2) is 12.8. The number of hydrogen-bond acceptors (Lipinski definition) is 8. The molecule has 0 aromatic heterocycles. The maximum absolute atomic E-state index is 13.2. The Labute approximate surface area is 252 Å². The summed E-state index contributed by atoms with van der Waals surface area (Å²) in [6.07, 6.45) is -0.976. The van der Waals surface area contributed by atoms with E-state index in [2.05, 4.69) is 6.07 Å². The topological polar surface area (TPSA) is 113 Å². The summed E-state index contributed by atoms with van der Waals surface area (Å²) < 4.78 is 41.6. The highest BCUT2D eigenvalue weighted by Crippen LogP contribution is 2.45. The third kappa shape index (κ3) is 6.50. The van der Waals surface area contributed by atoms with Crippen LogP contribution in [0.5, 0.6) is 28.7 Å². The summed E-state index contributed by atoms with van der Waals surface area (Å²) in [5.41, 5.74) is 8.54. The van der Waals surface area contributed by atoms with Gasteiger partial charge in [-0.05, 0) is 61.0 Å². The summed E-state index contributed by atoms with van der Waals surface area (Å²) in [6, 6.07) is 25.0. The normalized spacial score (nSPS) is 14.5. The van der Waals surface area contributed by atoms with Gasteiger partial charge in [0.05, 0.1) is 13.0 Å². The first kappa shape index (κ1) is 29.3. The SMILES string of the molecule is COc1cc(C2C(C#N)=C(N)Oc3cc(OC(=O)C(C)Oc4ccc(F)cc4)ccc32)ccc1OCc1ccccc1Cl. The molecule has 0 radical (unpaired) electrons. The van der Waals surface area contributed by atoms with Crippen LogP contribution in [0, 0.1) is 17.1 Å². The van der Waals surface area contributed by atoms with E-state index in [9.17, 15) is 14.4 Å². The van der Waals surface area contributed by atoms with Crippen molar-refractivity contribution in [2.24, 2.45) is 5.73 Å². The number of hydrogen-bond donors (Lipinski definition) is 1. The van der Waals surface area contributed by atoms with E-state index >= 15 is 0 Å². The minimum absolute atomic E-state index is 0.0745. The number of benzene rings is 4. The molecular formula is C33H26ClFN2O6. The van der Waals surface area contributed by atoms with Crippen LogP contribution in [0.4, 0.5) is 4.39 Å². The molecule has 10 heteroatoms. The van der Waals surface area contributed by atoms with Crippen molar-refractivity contribution in [3.05, 3.63) is 124 Å². The molecule has 4 aromatic carbocycles. The third-order valence-corrected chi connectivity index (χ3v) is 7.10. The van der Waals surface area contributed by atoms with Gasteiger partial charge < -0.3 is 29.4 Å². The van der Waals surface area contributed by atoms with Crippen molar-refractivity contribution < 1.29 is 32.9 Å². The average molecular weight is 601 g/mol. The molecule has 218 valence electrons. The summed E-state index contributed by atoms with van der Waals surface area (Å²) in [5.74, 6) is 0.0136. The first-order valence-electron chi connectivity index (χ1n) is 13.2. The number of carbonyl (C=O) groups is 1. The van der Waals surface area contributed by atoms with E-state index in [1.165, 1.54) is 44.4 Å². The molecule has 5 rings (SSSR count). The minimum atomic E-state index is -0.976. The smallest absolute Gasteiger partial charge is 0.352 e. The van der Waals surface area contributed by atoms with E-state index in [0.717, 1.165) is 5.56 Å². The Kier molecular flexibility index (Phi) is 8.69. The molecule has 2 unspecified atom stereocenters. The van der Waals surface area contributed by atoms with E-state index in [1.54, 1.807) is 30.3 Å². The largest absolute Gasteiger partial charge is 0.493 e. The number of nitriles is 1. The fourth-order valence-corrected chi connectivity index (χ4v) is 4.75. The highest BCUT2D eigenvalue weighted by Gasteiger charge is 2.32. The van der Waals surface area contributed by atoms with Crippen LogP contribution in [0.25, 0.3) is 0 Å². The molecule has 43 heavy (non-hydrogen) atoms. The number of methoxy groups -OCH3 is 1. The van der Waals surface area contributed by atoms with Gasteiger partial charge in [-0.25, -0.2) is 9.18 Å². The predicted octanol–water partition coefficient (Wildman–Crippen LogP) is 6.66. The number of carbonyl (C=O) groups excluding carboxylic acids is 1. The maximum Gasteiger partial charge on any atom is 0.352 e. The lowest BCUT2D eigenvalue weighted by atomic mass is 9.83. The number of ether oxygens (including phenoxy) is 5. The number of halogens is 2. The molecule has 2 N–H and O–H groups in total. The summed E-state index contributed by atoms with van der Waals surface area (Å²) in [7, 11) is 1.52. The lowest BCUT2D eigenvalue weighted by Gasteiger charge is -2.27. The molecule has 0 bridgehead atoms. The van der Waals surface area contributed by atoms with Crippen molar-refractivity contribution in [1.29, 1.82) is 5.26 Å². The van der Waals surface area contributed by atoms with Gasteiger partial charge in [-0.3, -0.25) is 0 Å². The lowest BCUT2D eigenvalue weighted by Crippen LogP contribution is -2.28. The van der Waals surface area contributed by atoms with Crippen molar-refractivity contribution in [3.8, 4) is 34.8 Å². The number of rotatable bonds is 9. The van der Waals surface area contributed by atoms with E-state index < -0.39 is 23.8 Å². The minimum Gasteiger partial charge on any atom is -0.493 e. The lowest BCUT2D eigenvalue weighted by molar-refractivity contribution is -0.141. The van der Waals surface area contributed by atoms with E-state index in [4.69, 9.17) is 41.0 Å². The van der Waals surface area contributed by atoms with Crippen LogP contribution in [0.3, 0.4) is 0 Å². The van der Waals surface area contributed by atoms with Gasteiger partial charge in [0.15, 0.2) is 17.6 Å². The Bertz CT molecular complexity index is 1730. The van der Waals surface area contributed by atoms with E-state index in [-0.39, 0.29) is 23.8 Å². The Morgan fingerprint density at radius 2 is 1.79 bits per heavy atom. The van der Waals surface area contributed by atoms with Gasteiger partial charge in [0.25, 0.3) is 0 Å². The van der Waals surface area contributed by atoms with Gasteiger partial charge in [0.2, 0.25) is 5.88 Å². The molecular weight excluding hydrogens is 575 g/mol. The molecule has 0 saturated heterocycles. The highest BCUT2D eigenvalue weighted by molar-refractivity contribution is 6.31. The van der Waals surface area contributed by atoms with Crippen LogP contribution >= 0.6 is 11.6 Å². The highest BCUT2D eigenvalue weighted by atomic mass is 35.5. The van der Waals surface area contributed by atoms with Gasteiger partial charge in [-0.15, -0.1) is 0 Å². The van der Waals surface area contributed by atoms with Crippen molar-refractivity contribution in [1.82, 2.24) is 0 Å². The molecule has 1 aliphatic heterocycles. The summed E-state index contributed by atoms with van der Waals surface area (Å²) in [4.78, 5) is 12.7. The van der Waals surface area contributed by atoms with Crippen molar-refractivity contribution in [2.45, 2.75) is 25.6 Å². The molecule has 2 atom stereocenters. The molecule has 8 nitrogen and oxygen atoms in total. The zero-order valence-corrected chi connectivity index (χ0v) is 23.9. The van der Waals surface area contributed by atoms with Crippen LogP contribution in [0.15, 0.2) is 96.4 Å². The fourth-order valence-electron chi connectivity index (χ4n) is 4.56. The van der Waals surface area contributed by atoms with Crippen LogP contribution in [0.2, 0.25) is 5.02 Å². The zero-order chi connectivity index (χ0) is 30.5. The molecule has 0 amide bonds. The second-order valence-electron chi connectivity index (χ2n) is 9.55. The number of nitrogens with two attached hydrogens (primary N) is 1. The Morgan fingerprint density at radius 1 is 1.05 bits per heavy atom. The number of fused-ring (bicyclic) bond motifs is 1. The van der Waals surface area contributed by atoms with Crippen molar-refractivity contribution in [3.63, 3.8) is 0 Å². The third-order valence-electron chi connectivity index (χ3n) is 6.73. The first-order valence-corrected chi connectivity index (χ1v) is 13.5. The maximum atomic E-state index is 13.2. The van der Waals surface area contributed by atoms with Crippen LogP contribution < -0.4 is 29.4 Å².